The molecule has 1 aliphatic rings. The van der Waals surface area contributed by atoms with Crippen LogP contribution in [-0.2, 0) is 20.7 Å². The highest BCUT2D eigenvalue weighted by molar-refractivity contribution is 5.88. The minimum absolute atomic E-state index is 0.0805. The topological polar surface area (TPSA) is 133 Å². The van der Waals surface area contributed by atoms with Gasteiger partial charge in [0.2, 0.25) is 0 Å². The van der Waals surface area contributed by atoms with Gasteiger partial charge in [-0.2, -0.15) is 8.78 Å². The maximum absolute atomic E-state index is 14.3. The summed E-state index contributed by atoms with van der Waals surface area (Å²) in [5, 5.41) is 12.9. The number of imidazole rings is 1. The predicted molar refractivity (Wildman–Crippen MR) is 120 cm³/mol. The van der Waals surface area contributed by atoms with E-state index in [9.17, 15) is 28.3 Å². The summed E-state index contributed by atoms with van der Waals surface area (Å²) in [7, 11) is 0. The number of aromatic amines is 1. The van der Waals surface area contributed by atoms with E-state index in [2.05, 4.69) is 9.97 Å². The molecule has 0 spiro atoms. The first kappa shape index (κ1) is 23.9. The number of hydrogen-bond donors (Lipinski definition) is 4. The molecule has 1 aliphatic carbocycles. The number of aliphatic carboxylic acids is 1. The molecule has 2 amide bonds. The summed E-state index contributed by atoms with van der Waals surface area (Å²) >= 11 is 0. The van der Waals surface area contributed by atoms with Crippen molar-refractivity contribution in [3.8, 4) is 11.1 Å². The summed E-state index contributed by atoms with van der Waals surface area (Å²) in [4.78, 5) is 41.9. The molecule has 9 nitrogen and oxygen atoms in total. The van der Waals surface area contributed by atoms with Crippen molar-refractivity contribution in [3.63, 3.8) is 0 Å². The number of benzene rings is 2. The molecule has 3 aromatic rings. The summed E-state index contributed by atoms with van der Waals surface area (Å²) in [6.45, 7) is -1.44. The highest BCUT2D eigenvalue weighted by Crippen LogP contribution is 2.44. The Bertz CT molecular complexity index is 1190. The Hall–Kier alpha value is -4.28. The molecular weight excluding hydrogens is 462 g/mol. The molecule has 4 rings (SSSR count). The Morgan fingerprint density at radius 2 is 1.71 bits per heavy atom. The Labute approximate surface area is 198 Å². The van der Waals surface area contributed by atoms with Gasteiger partial charge in [-0.15, -0.1) is 0 Å². The fraction of sp³-hybridized carbons (Fsp3) is 0.250. The number of amides is 2. The van der Waals surface area contributed by atoms with Gasteiger partial charge < -0.3 is 25.5 Å². The first-order valence-electron chi connectivity index (χ1n) is 10.7. The van der Waals surface area contributed by atoms with E-state index in [1.54, 1.807) is 5.32 Å². The molecule has 182 valence electrons. The van der Waals surface area contributed by atoms with E-state index in [0.717, 1.165) is 22.3 Å². The number of nitrogens with zero attached hydrogens (tertiary/aromatic N) is 1. The molecule has 11 heteroatoms. The molecule has 0 aliphatic heterocycles. The molecule has 1 aromatic heterocycles. The van der Waals surface area contributed by atoms with Gasteiger partial charge in [0, 0.05) is 24.2 Å². The third-order valence-electron chi connectivity index (χ3n) is 5.71. The number of hydrogen-bond acceptors (Lipinski definition) is 5. The van der Waals surface area contributed by atoms with Gasteiger partial charge in [-0.1, -0.05) is 48.5 Å². The van der Waals surface area contributed by atoms with Crippen LogP contribution in [0.25, 0.3) is 11.1 Å². The Morgan fingerprint density at radius 1 is 1.09 bits per heavy atom. The summed E-state index contributed by atoms with van der Waals surface area (Å²) in [5.41, 5.74) is 4.30. The molecule has 0 saturated carbocycles. The van der Waals surface area contributed by atoms with Crippen molar-refractivity contribution in [3.05, 3.63) is 77.9 Å². The molecule has 35 heavy (non-hydrogen) atoms. The van der Waals surface area contributed by atoms with Crippen molar-refractivity contribution in [2.24, 2.45) is 0 Å². The van der Waals surface area contributed by atoms with Crippen LogP contribution in [-0.4, -0.2) is 58.2 Å². The van der Waals surface area contributed by atoms with Crippen molar-refractivity contribution in [2.75, 3.05) is 13.2 Å². The maximum Gasteiger partial charge on any atom is 0.407 e. The second-order valence-electron chi connectivity index (χ2n) is 8.03. The first-order chi connectivity index (χ1) is 16.8. The largest absolute Gasteiger partial charge is 0.480 e. The number of carboxylic acid groups (broad SMARTS) is 1. The number of carbonyl (C=O) groups excluding carboxylic acids is 2. The van der Waals surface area contributed by atoms with Gasteiger partial charge in [0.1, 0.15) is 12.6 Å². The number of fused-ring (bicyclic) bond motifs is 3. The average Bonchev–Trinajstić information content (AvgIpc) is 3.47. The SMILES string of the molecule is O=C(NCC(F)(F)C(=O)N[C@H](Cc1cnc[nH]1)C(=O)O)OCC1c2ccccc2-c2ccccc21. The number of carboxylic acids is 1. The van der Waals surface area contributed by atoms with Crippen LogP contribution in [0.2, 0.25) is 0 Å². The fourth-order valence-electron chi connectivity index (χ4n) is 3.99. The number of aromatic nitrogens is 2. The Morgan fingerprint density at radius 3 is 2.29 bits per heavy atom. The van der Waals surface area contributed by atoms with E-state index in [1.165, 1.54) is 12.5 Å². The zero-order valence-corrected chi connectivity index (χ0v) is 18.3. The number of alkyl carbamates (subject to hydrolysis) is 1. The van der Waals surface area contributed by atoms with Crippen LogP contribution in [0.4, 0.5) is 13.6 Å². The summed E-state index contributed by atoms with van der Waals surface area (Å²) in [5.74, 6) is -7.64. The monoisotopic (exact) mass is 484 g/mol. The van der Waals surface area contributed by atoms with Crippen molar-refractivity contribution in [1.29, 1.82) is 0 Å². The van der Waals surface area contributed by atoms with E-state index < -0.39 is 36.5 Å². The molecule has 0 unspecified atom stereocenters. The second-order valence-corrected chi connectivity index (χ2v) is 8.03. The van der Waals surface area contributed by atoms with Gasteiger partial charge >= 0.3 is 18.0 Å². The highest BCUT2D eigenvalue weighted by Gasteiger charge is 2.41. The lowest BCUT2D eigenvalue weighted by molar-refractivity contribution is -0.150. The van der Waals surface area contributed by atoms with E-state index in [0.29, 0.717) is 5.69 Å². The number of rotatable bonds is 9. The van der Waals surface area contributed by atoms with Crippen molar-refractivity contribution >= 4 is 18.0 Å². The molecular formula is C24H22F2N4O5. The normalized spacial score (nSPS) is 13.4. The number of halogens is 2. The van der Waals surface area contributed by atoms with Crippen molar-refractivity contribution in [1.82, 2.24) is 20.6 Å². The highest BCUT2D eigenvalue weighted by atomic mass is 19.3. The van der Waals surface area contributed by atoms with Crippen molar-refractivity contribution in [2.45, 2.75) is 24.3 Å². The van der Waals surface area contributed by atoms with E-state index in [1.807, 2.05) is 53.8 Å². The zero-order valence-electron chi connectivity index (χ0n) is 18.3. The molecule has 4 N–H and O–H groups in total. The molecule has 1 atom stereocenters. The van der Waals surface area contributed by atoms with Crippen LogP contribution in [0.3, 0.4) is 0 Å². The summed E-state index contributed by atoms with van der Waals surface area (Å²) in [6, 6.07) is 13.7. The van der Waals surface area contributed by atoms with Gasteiger partial charge in [0.25, 0.3) is 5.91 Å². The fourth-order valence-corrected chi connectivity index (χ4v) is 3.99. The maximum atomic E-state index is 14.3. The van der Waals surface area contributed by atoms with Crippen LogP contribution in [0.5, 0.6) is 0 Å². The summed E-state index contributed by atoms with van der Waals surface area (Å²) in [6.07, 6.45) is 1.23. The smallest absolute Gasteiger partial charge is 0.407 e. The number of ether oxygens (including phenoxy) is 1. The van der Waals surface area contributed by atoms with Crippen LogP contribution in [0.15, 0.2) is 61.1 Å². The molecule has 0 saturated heterocycles. The van der Waals surface area contributed by atoms with E-state index in [4.69, 9.17) is 4.74 Å². The lowest BCUT2D eigenvalue weighted by atomic mass is 9.98. The van der Waals surface area contributed by atoms with Crippen LogP contribution >= 0.6 is 0 Å². The first-order valence-corrected chi connectivity index (χ1v) is 10.7. The quantitative estimate of drug-likeness (QED) is 0.369. The second kappa shape index (κ2) is 9.92. The summed E-state index contributed by atoms with van der Waals surface area (Å²) < 4.78 is 33.8. The lowest BCUT2D eigenvalue weighted by Crippen LogP contribution is -2.53. The number of nitrogens with one attached hydrogen (secondary N) is 3. The third-order valence-corrected chi connectivity index (χ3v) is 5.71. The zero-order chi connectivity index (χ0) is 25.0. The minimum atomic E-state index is -4.06. The molecule has 0 radical (unpaired) electrons. The number of H-pyrrole nitrogens is 1. The predicted octanol–water partition coefficient (Wildman–Crippen LogP) is 2.70. The van der Waals surface area contributed by atoms with Gasteiger partial charge in [0.05, 0.1) is 12.9 Å². The average molecular weight is 484 g/mol. The van der Waals surface area contributed by atoms with Crippen molar-refractivity contribution < 1.29 is 33.0 Å². The number of carbonyl (C=O) groups is 3. The molecule has 0 bridgehead atoms. The van der Waals surface area contributed by atoms with Gasteiger partial charge in [-0.05, 0) is 22.3 Å². The Balaban J connectivity index is 1.32. The van der Waals surface area contributed by atoms with Gasteiger partial charge in [-0.3, -0.25) is 4.79 Å². The number of alkyl halides is 2. The van der Waals surface area contributed by atoms with Crippen LogP contribution in [0.1, 0.15) is 22.7 Å². The van der Waals surface area contributed by atoms with E-state index in [-0.39, 0.29) is 18.9 Å². The van der Waals surface area contributed by atoms with E-state index >= 15 is 0 Å². The lowest BCUT2D eigenvalue weighted by Gasteiger charge is -2.20. The van der Waals surface area contributed by atoms with Crippen LogP contribution < -0.4 is 10.6 Å². The molecule has 1 heterocycles. The Kier molecular flexibility index (Phi) is 6.76. The third kappa shape index (κ3) is 5.29. The minimum Gasteiger partial charge on any atom is -0.480 e. The van der Waals surface area contributed by atoms with Gasteiger partial charge in [-0.25, -0.2) is 14.6 Å². The molecule has 0 fully saturated rings. The van der Waals surface area contributed by atoms with Crippen LogP contribution in [0, 0.1) is 0 Å². The van der Waals surface area contributed by atoms with Gasteiger partial charge in [0.15, 0.2) is 0 Å². The molecule has 2 aromatic carbocycles. The standard InChI is InChI=1S/C24H22F2N4O5/c25-24(26,22(33)30-20(21(31)32)9-14-10-27-13-29-14)12-28-23(34)35-11-19-17-7-3-1-5-15(17)16-6-2-4-8-18(16)19/h1-8,10,13,19-20H,9,11-12H2,(H,27,29)(H,28,34)(H,30,33)(H,31,32)/t20-/m1/s1.